The van der Waals surface area contributed by atoms with Gasteiger partial charge in [-0.1, -0.05) is 152 Å². The zero-order chi connectivity index (χ0) is 35.5. The van der Waals surface area contributed by atoms with Crippen LogP contribution in [0.2, 0.25) is 0 Å². The van der Waals surface area contributed by atoms with Gasteiger partial charge in [0.25, 0.3) is 0 Å². The van der Waals surface area contributed by atoms with Crippen LogP contribution >= 0.6 is 0 Å². The van der Waals surface area contributed by atoms with Crippen molar-refractivity contribution in [3.8, 4) is 44.7 Å². The van der Waals surface area contributed by atoms with E-state index in [0.29, 0.717) is 0 Å². The summed E-state index contributed by atoms with van der Waals surface area (Å²) < 4.78 is 12.9. The van der Waals surface area contributed by atoms with E-state index in [1.54, 1.807) is 6.26 Å². The molecular formula is C51H34O2. The maximum atomic E-state index is 6.87. The molecule has 0 unspecified atom stereocenters. The summed E-state index contributed by atoms with van der Waals surface area (Å²) >= 11 is 0. The van der Waals surface area contributed by atoms with Crippen molar-refractivity contribution in [1.82, 2.24) is 0 Å². The summed E-state index contributed by atoms with van der Waals surface area (Å²) in [5, 5.41) is 9.29. The van der Waals surface area contributed by atoms with E-state index >= 15 is 0 Å². The van der Waals surface area contributed by atoms with Gasteiger partial charge in [0.2, 0.25) is 0 Å². The monoisotopic (exact) mass is 678 g/mol. The molecule has 250 valence electrons. The van der Waals surface area contributed by atoms with Crippen LogP contribution in [0.25, 0.3) is 105 Å². The summed E-state index contributed by atoms with van der Waals surface area (Å²) in [5.74, 6) is 0.871. The Hall–Kier alpha value is -6.90. The lowest BCUT2D eigenvalue weighted by Gasteiger charge is -2.20. The molecule has 0 spiro atoms. The summed E-state index contributed by atoms with van der Waals surface area (Å²) in [6.45, 7) is 6.22. The van der Waals surface area contributed by atoms with Gasteiger partial charge in [-0.15, -0.1) is 0 Å². The second kappa shape index (κ2) is 12.4. The molecule has 0 bridgehead atoms. The number of para-hydroxylation sites is 1. The van der Waals surface area contributed by atoms with Gasteiger partial charge in [-0.05, 0) is 102 Å². The molecule has 0 saturated heterocycles. The topological polar surface area (TPSA) is 26.3 Å². The Kier molecular flexibility index (Phi) is 7.23. The third-order valence-corrected chi connectivity index (χ3v) is 10.7. The van der Waals surface area contributed by atoms with E-state index in [0.717, 1.165) is 55.2 Å². The van der Waals surface area contributed by atoms with Crippen molar-refractivity contribution >= 4 is 60.3 Å². The van der Waals surface area contributed by atoms with E-state index < -0.39 is 0 Å². The van der Waals surface area contributed by atoms with Crippen LogP contribution < -0.4 is 0 Å². The van der Waals surface area contributed by atoms with Crippen molar-refractivity contribution in [2.75, 3.05) is 0 Å². The quantitative estimate of drug-likeness (QED) is 0.129. The summed E-state index contributed by atoms with van der Waals surface area (Å²) in [7, 11) is 0. The Morgan fingerprint density at radius 2 is 1.09 bits per heavy atom. The van der Waals surface area contributed by atoms with Crippen LogP contribution in [0.3, 0.4) is 0 Å². The third-order valence-electron chi connectivity index (χ3n) is 10.7. The van der Waals surface area contributed by atoms with Crippen LogP contribution in [0.4, 0.5) is 0 Å². The first kappa shape index (κ1) is 30.9. The molecule has 0 amide bonds. The maximum absolute atomic E-state index is 6.87. The molecule has 0 fully saturated rings. The maximum Gasteiger partial charge on any atom is 0.143 e. The fourth-order valence-corrected chi connectivity index (χ4v) is 8.50. The van der Waals surface area contributed by atoms with E-state index in [1.807, 2.05) is 24.3 Å². The fraction of sp³-hybridized carbons (Fsp3) is 0.0196. The highest BCUT2D eigenvalue weighted by Gasteiger charge is 2.22. The van der Waals surface area contributed by atoms with Crippen LogP contribution in [0.5, 0.6) is 0 Å². The highest BCUT2D eigenvalue weighted by atomic mass is 16.3. The number of hydrogen-bond donors (Lipinski definition) is 0. The Labute approximate surface area is 307 Å². The molecule has 0 radical (unpaired) electrons. The normalized spacial score (nSPS) is 11.9. The smallest absolute Gasteiger partial charge is 0.143 e. The first-order chi connectivity index (χ1) is 26.2. The Morgan fingerprint density at radius 3 is 1.74 bits per heavy atom. The van der Waals surface area contributed by atoms with Crippen molar-refractivity contribution in [3.05, 3.63) is 188 Å². The minimum atomic E-state index is 0.867. The number of furan rings is 2. The number of fused-ring (bicyclic) bond motifs is 6. The summed E-state index contributed by atoms with van der Waals surface area (Å²) in [6, 6.07) is 54.0. The highest BCUT2D eigenvalue weighted by molar-refractivity contribution is 6.22. The zero-order valence-electron chi connectivity index (χ0n) is 29.3. The van der Waals surface area contributed by atoms with E-state index in [-0.39, 0.29) is 0 Å². The van der Waals surface area contributed by atoms with Gasteiger partial charge in [-0.25, -0.2) is 0 Å². The van der Waals surface area contributed by atoms with Gasteiger partial charge in [0, 0.05) is 21.9 Å². The molecule has 0 aliphatic carbocycles. The van der Waals surface area contributed by atoms with Gasteiger partial charge in [-0.3, -0.25) is 0 Å². The van der Waals surface area contributed by atoms with Crippen LogP contribution in [0, 0.1) is 6.92 Å². The van der Waals surface area contributed by atoms with E-state index in [2.05, 4.69) is 159 Å². The first-order valence-corrected chi connectivity index (χ1v) is 18.0. The van der Waals surface area contributed by atoms with Gasteiger partial charge >= 0.3 is 0 Å². The molecule has 0 atom stereocenters. The molecule has 53 heavy (non-hydrogen) atoms. The molecular weight excluding hydrogens is 645 g/mol. The fourth-order valence-electron chi connectivity index (χ4n) is 8.50. The molecule has 0 N–H and O–H groups in total. The van der Waals surface area contributed by atoms with E-state index in [9.17, 15) is 0 Å². The van der Waals surface area contributed by atoms with Crippen LogP contribution in [0.1, 0.15) is 11.1 Å². The molecule has 10 rings (SSSR count). The van der Waals surface area contributed by atoms with Crippen molar-refractivity contribution in [3.63, 3.8) is 0 Å². The van der Waals surface area contributed by atoms with E-state index in [4.69, 9.17) is 8.83 Å². The average molecular weight is 679 g/mol. The second-order valence-electron chi connectivity index (χ2n) is 13.6. The molecule has 2 heteroatoms. The third kappa shape index (κ3) is 4.80. The first-order valence-electron chi connectivity index (χ1n) is 18.0. The standard InChI is InChI=1S/C51H34O2/c1-3-4-18-35-32(2)47(36-19-8-9-20-37(36)48(35)33-16-6-5-7-17-33)43-26-14-25-42-44-31-34(28-29-45(44)53-51(42)43)49-38-21-10-12-23-40(38)50(46-27-15-30-52-46)41-24-13-11-22-39(41)49/h3-31H,1H2,2H3/b18-4-. The number of rotatable bonds is 6. The van der Waals surface area contributed by atoms with Crippen molar-refractivity contribution in [2.45, 2.75) is 6.92 Å². The van der Waals surface area contributed by atoms with Crippen LogP contribution in [0.15, 0.2) is 185 Å². The molecule has 2 heterocycles. The van der Waals surface area contributed by atoms with Gasteiger partial charge in [-0.2, -0.15) is 0 Å². The highest BCUT2D eigenvalue weighted by Crippen LogP contribution is 2.48. The molecule has 0 saturated carbocycles. The predicted molar refractivity (Wildman–Crippen MR) is 224 cm³/mol. The predicted octanol–water partition coefficient (Wildman–Crippen LogP) is 14.8. The van der Waals surface area contributed by atoms with Crippen LogP contribution in [-0.2, 0) is 0 Å². The molecule has 0 aliphatic rings. The van der Waals surface area contributed by atoms with Gasteiger partial charge in [0.05, 0.1) is 6.26 Å². The Morgan fingerprint density at radius 1 is 0.491 bits per heavy atom. The summed E-state index contributed by atoms with van der Waals surface area (Å²) in [4.78, 5) is 0. The largest absolute Gasteiger partial charge is 0.464 e. The lowest BCUT2D eigenvalue weighted by Crippen LogP contribution is -1.96. The van der Waals surface area contributed by atoms with Crippen LogP contribution in [-0.4, -0.2) is 0 Å². The molecule has 0 aliphatic heterocycles. The minimum Gasteiger partial charge on any atom is -0.464 e. The minimum absolute atomic E-state index is 0.867. The lowest BCUT2D eigenvalue weighted by molar-refractivity contribution is 0.583. The summed E-state index contributed by atoms with van der Waals surface area (Å²) in [6.07, 6.45) is 7.82. The molecule has 2 nitrogen and oxygen atoms in total. The lowest BCUT2D eigenvalue weighted by atomic mass is 9.83. The summed E-state index contributed by atoms with van der Waals surface area (Å²) in [5.41, 5.74) is 12.3. The van der Waals surface area contributed by atoms with E-state index in [1.165, 1.54) is 54.9 Å². The van der Waals surface area contributed by atoms with Crippen molar-refractivity contribution < 1.29 is 8.83 Å². The van der Waals surface area contributed by atoms with Gasteiger partial charge in [0.1, 0.15) is 16.9 Å². The molecule has 2 aromatic heterocycles. The van der Waals surface area contributed by atoms with Crippen molar-refractivity contribution in [2.24, 2.45) is 0 Å². The Balaban J connectivity index is 1.24. The van der Waals surface area contributed by atoms with Crippen molar-refractivity contribution in [1.29, 1.82) is 0 Å². The number of hydrogen-bond acceptors (Lipinski definition) is 2. The SMILES string of the molecule is C=C/C=C\c1c(C)c(-c2cccc3c2oc2ccc(-c4c5ccccc5c(-c5ccco5)c5ccccc45)cc23)c2ccccc2c1-c1ccccc1. The Bertz CT molecular complexity index is 3010. The second-order valence-corrected chi connectivity index (χ2v) is 13.6. The molecule has 10 aromatic rings. The van der Waals surface area contributed by atoms with Gasteiger partial charge in [0.15, 0.2) is 0 Å². The molecule has 8 aromatic carbocycles. The van der Waals surface area contributed by atoms with Gasteiger partial charge < -0.3 is 8.83 Å². The zero-order valence-corrected chi connectivity index (χ0v) is 29.3. The average Bonchev–Trinajstić information content (AvgIpc) is 3.88. The number of benzene rings is 8. The number of allylic oxidation sites excluding steroid dienone is 2.